The van der Waals surface area contributed by atoms with Crippen LogP contribution in [0.3, 0.4) is 0 Å². The van der Waals surface area contributed by atoms with E-state index in [1.54, 1.807) is 24.5 Å². The van der Waals surface area contributed by atoms with Crippen molar-refractivity contribution >= 4 is 0 Å². The van der Waals surface area contributed by atoms with Crippen LogP contribution in [-0.2, 0) is 13.1 Å². The molecule has 4 nitrogen and oxygen atoms in total. The second-order valence-corrected chi connectivity index (χ2v) is 3.90. The lowest BCUT2D eigenvalue weighted by atomic mass is 10.2. The summed E-state index contributed by atoms with van der Waals surface area (Å²) in [5.41, 5.74) is 1.88. The molecule has 7 heteroatoms. The lowest BCUT2D eigenvalue weighted by Crippen LogP contribution is -2.17. The van der Waals surface area contributed by atoms with E-state index in [1.807, 2.05) is 0 Å². The molecule has 102 valence electrons. The number of H-pyrrole nitrogens is 1. The Bertz CT molecular complexity index is 494. The smallest absolute Gasteiger partial charge is 0.406 e. The van der Waals surface area contributed by atoms with E-state index in [2.05, 4.69) is 20.3 Å². The van der Waals surface area contributed by atoms with Crippen molar-refractivity contribution in [1.29, 1.82) is 0 Å². The monoisotopic (exact) mass is 271 g/mol. The molecule has 0 atom stereocenters. The first-order chi connectivity index (χ1) is 9.03. The SMILES string of the molecule is FC(F)(F)Oc1ccc(CNCc2cn[nH]c2)cc1. The first-order valence-electron chi connectivity index (χ1n) is 5.56. The third-order valence-electron chi connectivity index (χ3n) is 2.37. The lowest BCUT2D eigenvalue weighted by Gasteiger charge is -2.09. The van der Waals surface area contributed by atoms with Gasteiger partial charge in [-0.3, -0.25) is 5.10 Å². The Labute approximate surface area is 107 Å². The summed E-state index contributed by atoms with van der Waals surface area (Å²) in [6.07, 6.45) is -1.18. The van der Waals surface area contributed by atoms with Gasteiger partial charge in [-0.15, -0.1) is 13.2 Å². The normalized spacial score (nSPS) is 11.5. The molecule has 0 amide bonds. The molecule has 0 spiro atoms. The molecule has 0 aliphatic heterocycles. The highest BCUT2D eigenvalue weighted by molar-refractivity contribution is 5.27. The van der Waals surface area contributed by atoms with Crippen molar-refractivity contribution in [2.24, 2.45) is 0 Å². The van der Waals surface area contributed by atoms with E-state index < -0.39 is 6.36 Å². The molecule has 2 N–H and O–H groups in total. The topological polar surface area (TPSA) is 49.9 Å². The van der Waals surface area contributed by atoms with Crippen LogP contribution in [0, 0.1) is 0 Å². The predicted octanol–water partition coefficient (Wildman–Crippen LogP) is 2.60. The van der Waals surface area contributed by atoms with Crippen molar-refractivity contribution in [3.63, 3.8) is 0 Å². The highest BCUT2D eigenvalue weighted by Crippen LogP contribution is 2.22. The van der Waals surface area contributed by atoms with Crippen LogP contribution in [0.4, 0.5) is 13.2 Å². The summed E-state index contributed by atoms with van der Waals surface area (Å²) in [5, 5.41) is 9.65. The van der Waals surface area contributed by atoms with Crippen molar-refractivity contribution in [1.82, 2.24) is 15.5 Å². The third-order valence-corrected chi connectivity index (χ3v) is 2.37. The van der Waals surface area contributed by atoms with E-state index in [-0.39, 0.29) is 5.75 Å². The van der Waals surface area contributed by atoms with Gasteiger partial charge in [0.25, 0.3) is 0 Å². The van der Waals surface area contributed by atoms with Gasteiger partial charge in [-0.2, -0.15) is 5.10 Å². The Morgan fingerprint density at radius 2 is 1.79 bits per heavy atom. The van der Waals surface area contributed by atoms with E-state index >= 15 is 0 Å². The molecule has 2 rings (SSSR count). The minimum atomic E-state index is -4.65. The molecule has 0 saturated heterocycles. The molecule has 0 bridgehead atoms. The highest BCUT2D eigenvalue weighted by Gasteiger charge is 2.30. The molecule has 1 heterocycles. The summed E-state index contributed by atoms with van der Waals surface area (Å²) in [7, 11) is 0. The molecule has 2 aromatic rings. The minimum Gasteiger partial charge on any atom is -0.406 e. The fourth-order valence-corrected chi connectivity index (χ4v) is 1.53. The number of hydrogen-bond donors (Lipinski definition) is 2. The Hall–Kier alpha value is -2.02. The number of benzene rings is 1. The quantitative estimate of drug-likeness (QED) is 0.878. The zero-order valence-corrected chi connectivity index (χ0v) is 9.87. The molecular formula is C12H12F3N3O. The molecular weight excluding hydrogens is 259 g/mol. The zero-order valence-electron chi connectivity index (χ0n) is 9.87. The van der Waals surface area contributed by atoms with Gasteiger partial charge >= 0.3 is 6.36 Å². The summed E-state index contributed by atoms with van der Waals surface area (Å²) in [6.45, 7) is 1.19. The lowest BCUT2D eigenvalue weighted by molar-refractivity contribution is -0.274. The fraction of sp³-hybridized carbons (Fsp3) is 0.250. The van der Waals surface area contributed by atoms with Crippen LogP contribution in [-0.4, -0.2) is 16.6 Å². The maximum atomic E-state index is 12.0. The Morgan fingerprint density at radius 3 is 2.37 bits per heavy atom. The fourth-order valence-electron chi connectivity index (χ4n) is 1.53. The summed E-state index contributed by atoms with van der Waals surface area (Å²) < 4.78 is 39.7. The number of aromatic amines is 1. The van der Waals surface area contributed by atoms with E-state index in [0.717, 1.165) is 11.1 Å². The van der Waals surface area contributed by atoms with Crippen molar-refractivity contribution in [2.75, 3.05) is 0 Å². The molecule has 1 aromatic heterocycles. The molecule has 0 fully saturated rings. The second-order valence-electron chi connectivity index (χ2n) is 3.90. The number of ether oxygens (including phenoxy) is 1. The molecule has 0 aliphatic carbocycles. The van der Waals surface area contributed by atoms with Gasteiger partial charge in [-0.05, 0) is 17.7 Å². The third kappa shape index (κ3) is 4.63. The number of aromatic nitrogens is 2. The summed E-state index contributed by atoms with van der Waals surface area (Å²) >= 11 is 0. The summed E-state index contributed by atoms with van der Waals surface area (Å²) in [6, 6.07) is 5.76. The largest absolute Gasteiger partial charge is 0.573 e. The number of nitrogens with one attached hydrogen (secondary N) is 2. The molecule has 0 aliphatic rings. The number of alkyl halides is 3. The van der Waals surface area contributed by atoms with Gasteiger partial charge < -0.3 is 10.1 Å². The van der Waals surface area contributed by atoms with E-state index in [4.69, 9.17) is 0 Å². The van der Waals surface area contributed by atoms with E-state index in [1.165, 1.54) is 12.1 Å². The highest BCUT2D eigenvalue weighted by atomic mass is 19.4. The summed E-state index contributed by atoms with van der Waals surface area (Å²) in [5.74, 6) is -0.217. The van der Waals surface area contributed by atoms with Gasteiger partial charge in [0.1, 0.15) is 5.75 Å². The summed E-state index contributed by atoms with van der Waals surface area (Å²) in [4.78, 5) is 0. The second kappa shape index (κ2) is 5.75. The van der Waals surface area contributed by atoms with Crippen LogP contribution in [0.15, 0.2) is 36.7 Å². The minimum absolute atomic E-state index is 0.217. The Kier molecular flexibility index (Phi) is 4.06. The van der Waals surface area contributed by atoms with Crippen LogP contribution >= 0.6 is 0 Å². The molecule has 0 radical (unpaired) electrons. The average molecular weight is 271 g/mol. The van der Waals surface area contributed by atoms with Gasteiger partial charge in [-0.1, -0.05) is 12.1 Å². The van der Waals surface area contributed by atoms with Crippen molar-refractivity contribution in [3.05, 3.63) is 47.8 Å². The molecule has 0 unspecified atom stereocenters. The van der Waals surface area contributed by atoms with Crippen molar-refractivity contribution in [3.8, 4) is 5.75 Å². The maximum Gasteiger partial charge on any atom is 0.573 e. The van der Waals surface area contributed by atoms with Crippen LogP contribution in [0.2, 0.25) is 0 Å². The van der Waals surface area contributed by atoms with Crippen LogP contribution in [0.1, 0.15) is 11.1 Å². The van der Waals surface area contributed by atoms with Crippen molar-refractivity contribution in [2.45, 2.75) is 19.5 Å². The number of nitrogens with zero attached hydrogens (tertiary/aromatic N) is 1. The van der Waals surface area contributed by atoms with Gasteiger partial charge in [0.2, 0.25) is 0 Å². The number of rotatable bonds is 5. The van der Waals surface area contributed by atoms with E-state index in [0.29, 0.717) is 13.1 Å². The zero-order chi connectivity index (χ0) is 13.7. The standard InChI is InChI=1S/C12H12F3N3O/c13-12(14,15)19-11-3-1-9(2-4-11)5-16-6-10-7-17-18-8-10/h1-4,7-8,16H,5-6H2,(H,17,18). The first-order valence-corrected chi connectivity index (χ1v) is 5.56. The average Bonchev–Trinajstić information content (AvgIpc) is 2.82. The van der Waals surface area contributed by atoms with Gasteiger partial charge in [-0.25, -0.2) is 0 Å². The van der Waals surface area contributed by atoms with Gasteiger partial charge in [0, 0.05) is 24.8 Å². The van der Waals surface area contributed by atoms with Crippen LogP contribution < -0.4 is 10.1 Å². The Morgan fingerprint density at radius 1 is 1.11 bits per heavy atom. The molecule has 0 saturated carbocycles. The van der Waals surface area contributed by atoms with Gasteiger partial charge in [0.05, 0.1) is 6.20 Å². The predicted molar refractivity (Wildman–Crippen MR) is 62.3 cm³/mol. The van der Waals surface area contributed by atoms with Crippen molar-refractivity contribution < 1.29 is 17.9 Å². The maximum absolute atomic E-state index is 12.0. The Balaban J connectivity index is 1.81. The first kappa shape index (κ1) is 13.4. The van der Waals surface area contributed by atoms with Crippen LogP contribution in [0.25, 0.3) is 0 Å². The van der Waals surface area contributed by atoms with E-state index in [9.17, 15) is 13.2 Å². The number of hydrogen-bond acceptors (Lipinski definition) is 3. The number of halogens is 3. The van der Waals surface area contributed by atoms with Crippen LogP contribution in [0.5, 0.6) is 5.75 Å². The molecule has 1 aromatic carbocycles. The molecule has 19 heavy (non-hydrogen) atoms. The van der Waals surface area contributed by atoms with Gasteiger partial charge in [0.15, 0.2) is 0 Å².